The number of piperazine rings is 1. The zero-order chi connectivity index (χ0) is 37.3. The van der Waals surface area contributed by atoms with Crippen LogP contribution < -0.4 is 0 Å². The Bertz CT molecular complexity index is 1700. The Morgan fingerprint density at radius 1 is 0.852 bits per heavy atom. The van der Waals surface area contributed by atoms with Crippen molar-refractivity contribution in [1.29, 1.82) is 0 Å². The van der Waals surface area contributed by atoms with Crippen LogP contribution in [-0.2, 0) is 15.9 Å². The van der Waals surface area contributed by atoms with Gasteiger partial charge in [0.2, 0.25) is 0 Å². The summed E-state index contributed by atoms with van der Waals surface area (Å²) in [5.74, 6) is 2.94. The zero-order valence-corrected chi connectivity index (χ0v) is 32.8. The maximum absolute atomic E-state index is 15.0. The van der Waals surface area contributed by atoms with Gasteiger partial charge in [-0.05, 0) is 116 Å². The molecule has 8 rings (SSSR count). The summed E-state index contributed by atoms with van der Waals surface area (Å²) in [5, 5.41) is 0. The first-order valence-electron chi connectivity index (χ1n) is 21.4. The topological polar surface area (TPSA) is 71.4 Å². The SMILES string of the molecule is C[C@]12CCCC[C@@H]1CC[C@@H]1[C@@H]2CC[C@]2(C)[C@@H](OCCCOCCCN3CCN(C(=O)c4cc(CC5=NCC(=O)c6ccccc65)ccc4F)CC3)CC[C@@H]12. The maximum atomic E-state index is 15.0. The van der Waals surface area contributed by atoms with Gasteiger partial charge >= 0.3 is 0 Å². The number of hydrogen-bond acceptors (Lipinski definition) is 6. The van der Waals surface area contributed by atoms with E-state index in [2.05, 4.69) is 23.7 Å². The smallest absolute Gasteiger partial charge is 0.256 e. The number of ether oxygens (including phenoxy) is 2. The lowest BCUT2D eigenvalue weighted by atomic mass is 9.45. The van der Waals surface area contributed by atoms with E-state index in [0.29, 0.717) is 42.0 Å². The Labute approximate surface area is 322 Å². The fourth-order valence-electron chi connectivity index (χ4n) is 12.3. The van der Waals surface area contributed by atoms with Gasteiger partial charge in [-0.15, -0.1) is 0 Å². The van der Waals surface area contributed by atoms with Crippen LogP contribution in [-0.4, -0.2) is 92.4 Å². The third-order valence-electron chi connectivity index (χ3n) is 15.3. The number of ketones is 1. The van der Waals surface area contributed by atoms with Gasteiger partial charge in [-0.1, -0.05) is 57.0 Å². The average molecular weight is 740 g/mol. The first-order chi connectivity index (χ1) is 26.2. The first-order valence-corrected chi connectivity index (χ1v) is 21.4. The summed E-state index contributed by atoms with van der Waals surface area (Å²) >= 11 is 0. The lowest BCUT2D eigenvalue weighted by molar-refractivity contribution is -0.131. The van der Waals surface area contributed by atoms with Crippen molar-refractivity contribution in [2.45, 2.75) is 103 Å². The molecule has 1 amide bonds. The minimum Gasteiger partial charge on any atom is -0.381 e. The van der Waals surface area contributed by atoms with E-state index in [1.807, 2.05) is 24.3 Å². The monoisotopic (exact) mass is 739 g/mol. The van der Waals surface area contributed by atoms with Crippen LogP contribution in [0.1, 0.15) is 123 Å². The second-order valence-electron chi connectivity index (χ2n) is 18.1. The van der Waals surface area contributed by atoms with Crippen LogP contribution in [0.15, 0.2) is 47.5 Å². The van der Waals surface area contributed by atoms with E-state index in [9.17, 15) is 14.0 Å². The summed E-state index contributed by atoms with van der Waals surface area (Å²) in [6.07, 6.45) is 16.9. The van der Waals surface area contributed by atoms with Gasteiger partial charge < -0.3 is 14.4 Å². The number of carbonyl (C=O) groups is 2. The predicted molar refractivity (Wildman–Crippen MR) is 211 cm³/mol. The van der Waals surface area contributed by atoms with Gasteiger partial charge in [-0.2, -0.15) is 0 Å². The summed E-state index contributed by atoms with van der Waals surface area (Å²) in [6.45, 7) is 11.2. The molecule has 7 nitrogen and oxygen atoms in total. The Kier molecular flexibility index (Phi) is 11.4. The summed E-state index contributed by atoms with van der Waals surface area (Å²) in [7, 11) is 0. The number of nitrogens with zero attached hydrogens (tertiary/aromatic N) is 3. The maximum Gasteiger partial charge on any atom is 0.256 e. The molecule has 7 atom stereocenters. The van der Waals surface area contributed by atoms with Gasteiger partial charge in [-0.25, -0.2) is 4.39 Å². The molecular formula is C46H62FN3O4. The van der Waals surface area contributed by atoms with Crippen LogP contribution in [0.25, 0.3) is 0 Å². The molecule has 0 N–H and O–H groups in total. The third-order valence-corrected chi connectivity index (χ3v) is 15.3. The summed E-state index contributed by atoms with van der Waals surface area (Å²) in [6, 6.07) is 12.2. The summed E-state index contributed by atoms with van der Waals surface area (Å²) in [5.41, 5.74) is 4.14. The van der Waals surface area contributed by atoms with Gasteiger partial charge in [0.25, 0.3) is 5.91 Å². The van der Waals surface area contributed by atoms with Gasteiger partial charge in [0.05, 0.1) is 11.7 Å². The van der Waals surface area contributed by atoms with Crippen LogP contribution in [0.3, 0.4) is 0 Å². The zero-order valence-electron chi connectivity index (χ0n) is 32.8. The highest BCUT2D eigenvalue weighted by Crippen LogP contribution is 2.66. The predicted octanol–water partition coefficient (Wildman–Crippen LogP) is 8.43. The highest BCUT2D eigenvalue weighted by molar-refractivity contribution is 6.15. The lowest BCUT2D eigenvalue weighted by Gasteiger charge is -2.60. The van der Waals surface area contributed by atoms with Crippen LogP contribution in [0.2, 0.25) is 0 Å². The minimum absolute atomic E-state index is 0.00440. The van der Waals surface area contributed by atoms with Crippen LogP contribution in [0, 0.1) is 40.3 Å². The van der Waals surface area contributed by atoms with E-state index in [4.69, 9.17) is 9.47 Å². The molecule has 54 heavy (non-hydrogen) atoms. The molecule has 0 unspecified atom stereocenters. The van der Waals surface area contributed by atoms with Crippen LogP contribution in [0.5, 0.6) is 0 Å². The molecule has 292 valence electrons. The van der Waals surface area contributed by atoms with E-state index < -0.39 is 5.82 Å². The fraction of sp³-hybridized carbons (Fsp3) is 0.674. The summed E-state index contributed by atoms with van der Waals surface area (Å²) < 4.78 is 27.6. The van der Waals surface area contributed by atoms with Crippen molar-refractivity contribution in [3.63, 3.8) is 0 Å². The normalized spacial score (nSPS) is 32.4. The van der Waals surface area contributed by atoms with Crippen molar-refractivity contribution in [3.05, 3.63) is 70.5 Å². The Morgan fingerprint density at radius 3 is 2.50 bits per heavy atom. The average Bonchev–Trinajstić information content (AvgIpc) is 3.53. The van der Waals surface area contributed by atoms with Gasteiger partial charge in [0.15, 0.2) is 5.78 Å². The van der Waals surface area contributed by atoms with Gasteiger partial charge in [0.1, 0.15) is 12.4 Å². The highest BCUT2D eigenvalue weighted by Gasteiger charge is 2.60. The number of fused-ring (bicyclic) bond motifs is 6. The van der Waals surface area contributed by atoms with Crippen molar-refractivity contribution >= 4 is 17.4 Å². The molecule has 0 spiro atoms. The molecule has 0 radical (unpaired) electrons. The van der Waals surface area contributed by atoms with E-state index in [-0.39, 0.29) is 23.8 Å². The molecule has 8 heteroatoms. The second-order valence-corrected chi connectivity index (χ2v) is 18.1. The van der Waals surface area contributed by atoms with Crippen molar-refractivity contribution < 1.29 is 23.5 Å². The molecule has 4 saturated carbocycles. The standard InChI is InChI=1S/C46H62FN3O4/c1-45-19-6-5-9-33(45)13-14-36-38-15-17-43(46(38,2)20-18-39(36)45)54-28-8-27-53-26-7-21-49-22-24-50(25-23-49)44(52)37-29-32(12-16-40(37)47)30-41-34-10-3-4-11-35(34)42(51)31-48-41/h3-4,10-12,16,29,33,36,38-39,43H,5-9,13-15,17-28,30-31H2,1-2H3/t33-,36+,38+,39+,43+,45+,46+/m1/s1. The highest BCUT2D eigenvalue weighted by atomic mass is 19.1. The van der Waals surface area contributed by atoms with Crippen molar-refractivity contribution in [3.8, 4) is 0 Å². The Morgan fingerprint density at radius 2 is 1.65 bits per heavy atom. The quantitative estimate of drug-likeness (QED) is 0.205. The van der Waals surface area contributed by atoms with Crippen molar-refractivity contribution in [1.82, 2.24) is 9.80 Å². The molecule has 0 bridgehead atoms. The van der Waals surface area contributed by atoms with E-state index in [1.54, 1.807) is 17.0 Å². The van der Waals surface area contributed by atoms with E-state index in [1.165, 1.54) is 70.3 Å². The molecule has 4 aliphatic carbocycles. The van der Waals surface area contributed by atoms with Crippen LogP contribution in [0.4, 0.5) is 4.39 Å². The molecule has 5 fully saturated rings. The molecule has 0 aromatic heterocycles. The number of halogens is 1. The van der Waals surface area contributed by atoms with Crippen LogP contribution >= 0.6 is 0 Å². The number of rotatable bonds is 12. The number of aliphatic imine (C=N–C) groups is 1. The second kappa shape index (κ2) is 16.3. The van der Waals surface area contributed by atoms with Crippen molar-refractivity contribution in [2.24, 2.45) is 39.5 Å². The summed E-state index contributed by atoms with van der Waals surface area (Å²) in [4.78, 5) is 34.4. The minimum atomic E-state index is -0.505. The largest absolute Gasteiger partial charge is 0.381 e. The van der Waals surface area contributed by atoms with E-state index >= 15 is 0 Å². The van der Waals surface area contributed by atoms with Crippen molar-refractivity contribution in [2.75, 3.05) is 59.1 Å². The lowest BCUT2D eigenvalue weighted by Crippen LogP contribution is -2.53. The first kappa shape index (κ1) is 38.0. The molecular weight excluding hydrogens is 678 g/mol. The number of carbonyl (C=O) groups excluding carboxylic acids is 2. The molecule has 2 aromatic rings. The molecule has 2 aliphatic heterocycles. The van der Waals surface area contributed by atoms with Gasteiger partial charge in [0, 0.05) is 75.8 Å². The van der Waals surface area contributed by atoms with E-state index in [0.717, 1.165) is 92.8 Å². The fourth-order valence-corrected chi connectivity index (χ4v) is 12.3. The number of amides is 1. The molecule has 1 saturated heterocycles. The molecule has 2 aromatic carbocycles. The number of Topliss-reactive ketones (excluding diaryl/α,β-unsaturated/α-hetero) is 1. The number of hydrogen-bond donors (Lipinski definition) is 0. The molecule has 6 aliphatic rings. The Hall–Kier alpha value is -2.94. The number of benzene rings is 2. The Balaban J connectivity index is 0.720. The van der Waals surface area contributed by atoms with Gasteiger partial charge in [-0.3, -0.25) is 19.5 Å². The third kappa shape index (κ3) is 7.48. The molecule has 2 heterocycles.